The summed E-state index contributed by atoms with van der Waals surface area (Å²) in [6.07, 6.45) is -3.11. The van der Waals surface area contributed by atoms with E-state index in [-0.39, 0.29) is 0 Å². The molecule has 0 saturated carbocycles. The van der Waals surface area contributed by atoms with Gasteiger partial charge in [-0.15, -0.1) is 0 Å². The Labute approximate surface area is 101 Å². The Morgan fingerprint density at radius 1 is 1.06 bits per heavy atom. The molecule has 0 unspecified atom stereocenters. The third-order valence-electron chi connectivity index (χ3n) is 2.66. The van der Waals surface area contributed by atoms with Crippen LogP contribution < -0.4 is 0 Å². The van der Waals surface area contributed by atoms with Crippen molar-refractivity contribution in [3.63, 3.8) is 0 Å². The Kier molecular flexibility index (Phi) is 3.90. The van der Waals surface area contributed by atoms with Gasteiger partial charge in [0.25, 0.3) is 0 Å². The molecule has 0 aliphatic heterocycles. The molecule has 1 rings (SSSR count). The number of rotatable bonds is 2. The van der Waals surface area contributed by atoms with Crippen LogP contribution in [0, 0.1) is 6.92 Å². The second-order valence-electron chi connectivity index (χ2n) is 5.23. The molecular formula is C14H18F3. The van der Waals surface area contributed by atoms with Crippen LogP contribution in [0.1, 0.15) is 43.9 Å². The average Bonchev–Trinajstić information content (AvgIpc) is 2.15. The SMILES string of the molecule is [CH2]CCc1ccc(C(C)(C)C)c(C(F)(F)F)c1. The van der Waals surface area contributed by atoms with Gasteiger partial charge in [0.2, 0.25) is 0 Å². The minimum absolute atomic E-state index is 0.345. The minimum Gasteiger partial charge on any atom is -0.166 e. The van der Waals surface area contributed by atoms with Gasteiger partial charge >= 0.3 is 6.18 Å². The molecule has 1 radical (unpaired) electrons. The quantitative estimate of drug-likeness (QED) is 0.702. The van der Waals surface area contributed by atoms with Crippen LogP contribution in [-0.2, 0) is 18.0 Å². The van der Waals surface area contributed by atoms with Gasteiger partial charge < -0.3 is 0 Å². The van der Waals surface area contributed by atoms with Gasteiger partial charge in [-0.3, -0.25) is 0 Å². The van der Waals surface area contributed by atoms with Gasteiger partial charge in [-0.05, 0) is 35.4 Å². The van der Waals surface area contributed by atoms with Crippen molar-refractivity contribution < 1.29 is 13.2 Å². The van der Waals surface area contributed by atoms with Crippen LogP contribution in [0.2, 0.25) is 0 Å². The molecule has 0 bridgehead atoms. The van der Waals surface area contributed by atoms with Gasteiger partial charge in [0.05, 0.1) is 5.56 Å². The van der Waals surface area contributed by atoms with E-state index in [4.69, 9.17) is 0 Å². The lowest BCUT2D eigenvalue weighted by Crippen LogP contribution is -2.19. The molecule has 0 fully saturated rings. The smallest absolute Gasteiger partial charge is 0.166 e. The largest absolute Gasteiger partial charge is 0.416 e. The molecule has 0 aliphatic rings. The lowest BCUT2D eigenvalue weighted by Gasteiger charge is -2.24. The number of aryl methyl sites for hydroxylation is 1. The van der Waals surface area contributed by atoms with Crippen LogP contribution in [-0.4, -0.2) is 0 Å². The van der Waals surface area contributed by atoms with Gasteiger partial charge in [-0.1, -0.05) is 39.8 Å². The van der Waals surface area contributed by atoms with Gasteiger partial charge in [0, 0.05) is 0 Å². The highest BCUT2D eigenvalue weighted by Gasteiger charge is 2.36. The fourth-order valence-electron chi connectivity index (χ4n) is 1.84. The summed E-state index contributed by atoms with van der Waals surface area (Å²) in [6.45, 7) is 9.03. The van der Waals surface area contributed by atoms with Crippen molar-refractivity contribution in [3.05, 3.63) is 41.8 Å². The first-order valence-corrected chi connectivity index (χ1v) is 5.66. The van der Waals surface area contributed by atoms with Crippen LogP contribution in [0.15, 0.2) is 18.2 Å². The summed E-state index contributed by atoms with van der Waals surface area (Å²) in [7, 11) is 0. The van der Waals surface area contributed by atoms with Crippen LogP contribution >= 0.6 is 0 Å². The molecule has 0 aromatic heterocycles. The zero-order valence-electron chi connectivity index (χ0n) is 10.5. The number of alkyl halides is 3. The molecule has 0 heterocycles. The Hall–Kier alpha value is -0.990. The van der Waals surface area contributed by atoms with E-state index in [0.29, 0.717) is 24.0 Å². The Bertz CT molecular complexity index is 383. The van der Waals surface area contributed by atoms with E-state index in [9.17, 15) is 13.2 Å². The topological polar surface area (TPSA) is 0 Å². The summed E-state index contributed by atoms with van der Waals surface area (Å²) in [6, 6.07) is 4.61. The molecular weight excluding hydrogens is 225 g/mol. The summed E-state index contributed by atoms with van der Waals surface area (Å²) < 4.78 is 39.0. The van der Waals surface area contributed by atoms with E-state index in [1.807, 2.05) is 0 Å². The highest BCUT2D eigenvalue weighted by molar-refractivity contribution is 5.38. The predicted molar refractivity (Wildman–Crippen MR) is 63.8 cm³/mol. The van der Waals surface area contributed by atoms with E-state index in [2.05, 4.69) is 6.92 Å². The third kappa shape index (κ3) is 3.48. The third-order valence-corrected chi connectivity index (χ3v) is 2.66. The fraction of sp³-hybridized carbons (Fsp3) is 0.500. The number of hydrogen-bond donors (Lipinski definition) is 0. The first kappa shape index (κ1) is 14.1. The standard InChI is InChI=1S/C14H18F3/c1-5-6-10-7-8-11(13(2,3)4)12(9-10)14(15,16)17/h7-9H,1,5-6H2,2-4H3. The first-order chi connectivity index (χ1) is 7.66. The molecule has 0 atom stereocenters. The lowest BCUT2D eigenvalue weighted by molar-refractivity contribution is -0.138. The highest BCUT2D eigenvalue weighted by Crippen LogP contribution is 2.38. The highest BCUT2D eigenvalue weighted by atomic mass is 19.4. The van der Waals surface area contributed by atoms with Crippen molar-refractivity contribution in [1.29, 1.82) is 0 Å². The first-order valence-electron chi connectivity index (χ1n) is 5.66. The maximum atomic E-state index is 13.0. The van der Waals surface area contributed by atoms with Crippen molar-refractivity contribution in [2.75, 3.05) is 0 Å². The van der Waals surface area contributed by atoms with Crippen molar-refractivity contribution >= 4 is 0 Å². The van der Waals surface area contributed by atoms with Crippen LogP contribution in [0.4, 0.5) is 13.2 Å². The predicted octanol–water partition coefficient (Wildman–Crippen LogP) is 4.77. The van der Waals surface area contributed by atoms with E-state index in [1.165, 1.54) is 6.07 Å². The van der Waals surface area contributed by atoms with Gasteiger partial charge in [0.15, 0.2) is 0 Å². The van der Waals surface area contributed by atoms with E-state index < -0.39 is 17.2 Å². The molecule has 0 aliphatic carbocycles. The molecule has 1 aromatic rings. The minimum atomic E-state index is -4.29. The lowest BCUT2D eigenvalue weighted by atomic mass is 9.82. The normalized spacial score (nSPS) is 12.9. The van der Waals surface area contributed by atoms with Crippen LogP contribution in [0.5, 0.6) is 0 Å². The monoisotopic (exact) mass is 243 g/mol. The summed E-state index contributed by atoms with van der Waals surface area (Å²) in [5.41, 5.74) is 0.0162. The Morgan fingerprint density at radius 3 is 2.06 bits per heavy atom. The molecule has 3 heteroatoms. The van der Waals surface area contributed by atoms with E-state index in [0.717, 1.165) is 0 Å². The van der Waals surface area contributed by atoms with Crippen LogP contribution in [0.25, 0.3) is 0 Å². The maximum Gasteiger partial charge on any atom is 0.416 e. The van der Waals surface area contributed by atoms with Crippen LogP contribution in [0.3, 0.4) is 0 Å². The summed E-state index contributed by atoms with van der Waals surface area (Å²) in [5, 5.41) is 0. The second kappa shape index (κ2) is 4.71. The number of halogens is 3. The van der Waals surface area contributed by atoms with Crippen molar-refractivity contribution in [3.8, 4) is 0 Å². The summed E-state index contributed by atoms with van der Waals surface area (Å²) in [4.78, 5) is 0. The second-order valence-corrected chi connectivity index (χ2v) is 5.23. The fourth-order valence-corrected chi connectivity index (χ4v) is 1.84. The molecule has 0 amide bonds. The van der Waals surface area contributed by atoms with Gasteiger partial charge in [0.1, 0.15) is 0 Å². The maximum absolute atomic E-state index is 13.0. The van der Waals surface area contributed by atoms with Gasteiger partial charge in [-0.2, -0.15) is 13.2 Å². The Morgan fingerprint density at radius 2 is 1.65 bits per heavy atom. The Balaban J connectivity index is 3.33. The number of benzene rings is 1. The summed E-state index contributed by atoms with van der Waals surface area (Å²) in [5.74, 6) is 0. The van der Waals surface area contributed by atoms with E-state index >= 15 is 0 Å². The molecule has 0 saturated heterocycles. The zero-order chi connectivity index (χ0) is 13.3. The molecule has 17 heavy (non-hydrogen) atoms. The van der Waals surface area contributed by atoms with Gasteiger partial charge in [-0.25, -0.2) is 0 Å². The zero-order valence-corrected chi connectivity index (χ0v) is 10.5. The molecule has 0 spiro atoms. The van der Waals surface area contributed by atoms with Crippen molar-refractivity contribution in [1.82, 2.24) is 0 Å². The van der Waals surface area contributed by atoms with Crippen molar-refractivity contribution in [2.24, 2.45) is 0 Å². The molecule has 0 N–H and O–H groups in total. The summed E-state index contributed by atoms with van der Waals surface area (Å²) >= 11 is 0. The van der Waals surface area contributed by atoms with E-state index in [1.54, 1.807) is 32.9 Å². The molecule has 0 nitrogen and oxygen atoms in total. The molecule has 95 valence electrons. The molecule has 1 aromatic carbocycles. The number of hydrogen-bond acceptors (Lipinski definition) is 0. The average molecular weight is 243 g/mol. The van der Waals surface area contributed by atoms with Crippen molar-refractivity contribution in [2.45, 2.75) is 45.2 Å².